The van der Waals surface area contributed by atoms with Gasteiger partial charge in [0.05, 0.1) is 0 Å². The van der Waals surface area contributed by atoms with E-state index in [1.807, 2.05) is 31.2 Å². The standard InChI is InChI=1S/C13H20N2O.ClH/c1-3-11-4-6-12(7-5-11)13(16)15-9-10(2)8-14;/h4-7,10H,3,8-9,14H2,1-2H3,(H,15,16);1H. The molecule has 4 heteroatoms. The van der Waals surface area contributed by atoms with E-state index >= 15 is 0 Å². The second-order valence-electron chi connectivity index (χ2n) is 4.10. The topological polar surface area (TPSA) is 55.1 Å². The second kappa shape index (κ2) is 8.09. The third-order valence-corrected chi connectivity index (χ3v) is 2.64. The predicted octanol–water partition coefficient (Wildman–Crippen LogP) is 2.00. The van der Waals surface area contributed by atoms with Crippen molar-refractivity contribution >= 4 is 18.3 Å². The Labute approximate surface area is 109 Å². The van der Waals surface area contributed by atoms with Gasteiger partial charge in [-0.3, -0.25) is 4.79 Å². The van der Waals surface area contributed by atoms with E-state index < -0.39 is 0 Å². The highest BCUT2D eigenvalue weighted by Crippen LogP contribution is 2.05. The maximum Gasteiger partial charge on any atom is 0.251 e. The number of benzene rings is 1. The lowest BCUT2D eigenvalue weighted by Gasteiger charge is -2.10. The molecule has 1 aromatic rings. The molecule has 0 saturated carbocycles. The summed E-state index contributed by atoms with van der Waals surface area (Å²) >= 11 is 0. The van der Waals surface area contributed by atoms with Crippen LogP contribution in [-0.2, 0) is 6.42 Å². The van der Waals surface area contributed by atoms with Crippen LogP contribution < -0.4 is 11.1 Å². The van der Waals surface area contributed by atoms with Gasteiger partial charge in [0.15, 0.2) is 0 Å². The van der Waals surface area contributed by atoms with Crippen LogP contribution in [0, 0.1) is 5.92 Å². The van der Waals surface area contributed by atoms with E-state index in [0.29, 0.717) is 24.6 Å². The van der Waals surface area contributed by atoms with Crippen LogP contribution in [0.1, 0.15) is 29.8 Å². The molecule has 0 spiro atoms. The molecule has 0 aromatic heterocycles. The maximum absolute atomic E-state index is 11.7. The number of rotatable bonds is 5. The SMILES string of the molecule is CCc1ccc(C(=O)NCC(C)CN)cc1.Cl. The zero-order valence-electron chi connectivity index (χ0n) is 10.4. The number of carbonyl (C=O) groups is 1. The molecule has 1 rings (SSSR count). The second-order valence-corrected chi connectivity index (χ2v) is 4.10. The van der Waals surface area contributed by atoms with E-state index in [1.54, 1.807) is 0 Å². The molecule has 1 aromatic carbocycles. The number of aryl methyl sites for hydroxylation is 1. The van der Waals surface area contributed by atoms with Gasteiger partial charge in [-0.25, -0.2) is 0 Å². The fourth-order valence-corrected chi connectivity index (χ4v) is 1.34. The van der Waals surface area contributed by atoms with E-state index in [0.717, 1.165) is 6.42 Å². The zero-order valence-corrected chi connectivity index (χ0v) is 11.2. The zero-order chi connectivity index (χ0) is 12.0. The van der Waals surface area contributed by atoms with Gasteiger partial charge >= 0.3 is 0 Å². The minimum Gasteiger partial charge on any atom is -0.352 e. The van der Waals surface area contributed by atoms with Crippen LogP contribution in [0.4, 0.5) is 0 Å². The minimum absolute atomic E-state index is 0. The Morgan fingerprint density at radius 1 is 1.35 bits per heavy atom. The largest absolute Gasteiger partial charge is 0.352 e. The van der Waals surface area contributed by atoms with Gasteiger partial charge in [0, 0.05) is 12.1 Å². The smallest absolute Gasteiger partial charge is 0.251 e. The highest BCUT2D eigenvalue weighted by Gasteiger charge is 2.06. The van der Waals surface area contributed by atoms with E-state index in [9.17, 15) is 4.79 Å². The van der Waals surface area contributed by atoms with Gasteiger partial charge in [0.25, 0.3) is 5.91 Å². The maximum atomic E-state index is 11.7. The minimum atomic E-state index is -0.0250. The molecule has 0 saturated heterocycles. The van der Waals surface area contributed by atoms with Crippen LogP contribution >= 0.6 is 12.4 Å². The first-order valence-electron chi connectivity index (χ1n) is 5.74. The fraction of sp³-hybridized carbons (Fsp3) is 0.462. The Kier molecular flexibility index (Phi) is 7.59. The number of carbonyl (C=O) groups excluding carboxylic acids is 1. The lowest BCUT2D eigenvalue weighted by atomic mass is 10.1. The van der Waals surface area contributed by atoms with Crippen LogP contribution in [0.3, 0.4) is 0 Å². The van der Waals surface area contributed by atoms with Crippen molar-refractivity contribution in [2.75, 3.05) is 13.1 Å². The summed E-state index contributed by atoms with van der Waals surface area (Å²) in [7, 11) is 0. The monoisotopic (exact) mass is 256 g/mol. The summed E-state index contributed by atoms with van der Waals surface area (Å²) in [6, 6.07) is 7.70. The van der Waals surface area contributed by atoms with Crippen molar-refractivity contribution < 1.29 is 4.79 Å². The average molecular weight is 257 g/mol. The molecule has 1 atom stereocenters. The first-order chi connectivity index (χ1) is 7.67. The summed E-state index contributed by atoms with van der Waals surface area (Å²) in [5.74, 6) is 0.293. The summed E-state index contributed by atoms with van der Waals surface area (Å²) in [4.78, 5) is 11.7. The third kappa shape index (κ3) is 5.20. The van der Waals surface area contributed by atoms with Crippen molar-refractivity contribution in [3.8, 4) is 0 Å². The summed E-state index contributed by atoms with van der Waals surface area (Å²) in [6.07, 6.45) is 0.992. The molecule has 96 valence electrons. The molecular weight excluding hydrogens is 236 g/mol. The summed E-state index contributed by atoms with van der Waals surface area (Å²) in [6.45, 7) is 5.33. The summed E-state index contributed by atoms with van der Waals surface area (Å²) < 4.78 is 0. The van der Waals surface area contributed by atoms with Gasteiger partial charge < -0.3 is 11.1 Å². The van der Waals surface area contributed by atoms with Gasteiger partial charge in [-0.2, -0.15) is 0 Å². The van der Waals surface area contributed by atoms with E-state index in [1.165, 1.54) is 5.56 Å². The van der Waals surface area contributed by atoms with Crippen molar-refractivity contribution in [2.24, 2.45) is 11.7 Å². The van der Waals surface area contributed by atoms with Crippen molar-refractivity contribution in [3.63, 3.8) is 0 Å². The predicted molar refractivity (Wildman–Crippen MR) is 73.6 cm³/mol. The van der Waals surface area contributed by atoms with Gasteiger partial charge in [-0.1, -0.05) is 26.0 Å². The van der Waals surface area contributed by atoms with Crippen molar-refractivity contribution in [3.05, 3.63) is 35.4 Å². The van der Waals surface area contributed by atoms with Crippen molar-refractivity contribution in [1.29, 1.82) is 0 Å². The molecule has 1 amide bonds. The fourth-order valence-electron chi connectivity index (χ4n) is 1.34. The number of nitrogens with two attached hydrogens (primary N) is 1. The third-order valence-electron chi connectivity index (χ3n) is 2.64. The highest BCUT2D eigenvalue weighted by atomic mass is 35.5. The molecule has 1 unspecified atom stereocenters. The quantitative estimate of drug-likeness (QED) is 0.847. The van der Waals surface area contributed by atoms with Crippen molar-refractivity contribution in [2.45, 2.75) is 20.3 Å². The normalized spacial score (nSPS) is 11.5. The van der Waals surface area contributed by atoms with Gasteiger partial charge in [-0.15, -0.1) is 12.4 Å². The van der Waals surface area contributed by atoms with E-state index in [4.69, 9.17) is 5.73 Å². The Bertz CT molecular complexity index is 338. The van der Waals surface area contributed by atoms with Crippen LogP contribution in [0.5, 0.6) is 0 Å². The Morgan fingerprint density at radius 3 is 2.41 bits per heavy atom. The molecular formula is C13H21ClN2O. The molecule has 0 radical (unpaired) electrons. The summed E-state index contributed by atoms with van der Waals surface area (Å²) in [5, 5.41) is 2.87. The number of halogens is 1. The molecule has 3 nitrogen and oxygen atoms in total. The van der Waals surface area contributed by atoms with Crippen molar-refractivity contribution in [1.82, 2.24) is 5.32 Å². The van der Waals surface area contributed by atoms with Gasteiger partial charge in [0.1, 0.15) is 0 Å². The first-order valence-corrected chi connectivity index (χ1v) is 5.74. The number of amides is 1. The highest BCUT2D eigenvalue weighted by molar-refractivity contribution is 5.94. The van der Waals surface area contributed by atoms with E-state index in [2.05, 4.69) is 12.2 Å². The molecule has 0 bridgehead atoms. The molecule has 0 heterocycles. The lowest BCUT2D eigenvalue weighted by molar-refractivity contribution is 0.0948. The molecule has 0 fully saturated rings. The van der Waals surface area contributed by atoms with Crippen LogP contribution in [-0.4, -0.2) is 19.0 Å². The number of hydrogen-bond donors (Lipinski definition) is 2. The van der Waals surface area contributed by atoms with Crippen LogP contribution in [0.15, 0.2) is 24.3 Å². The molecule has 3 N–H and O–H groups in total. The number of nitrogens with one attached hydrogen (secondary N) is 1. The Balaban J connectivity index is 0.00000256. The van der Waals surface area contributed by atoms with Gasteiger partial charge in [-0.05, 0) is 36.6 Å². The van der Waals surface area contributed by atoms with Gasteiger partial charge in [0.2, 0.25) is 0 Å². The average Bonchev–Trinajstić information content (AvgIpc) is 2.35. The van der Waals surface area contributed by atoms with E-state index in [-0.39, 0.29) is 18.3 Å². The van der Waals surface area contributed by atoms with Crippen LogP contribution in [0.2, 0.25) is 0 Å². The molecule has 0 aliphatic carbocycles. The first kappa shape index (κ1) is 15.9. The lowest BCUT2D eigenvalue weighted by Crippen LogP contribution is -2.31. The molecule has 0 aliphatic rings. The van der Waals surface area contributed by atoms with Crippen LogP contribution in [0.25, 0.3) is 0 Å². The Hall–Kier alpha value is -1.06. The summed E-state index contributed by atoms with van der Waals surface area (Å²) in [5.41, 5.74) is 7.44. The Morgan fingerprint density at radius 2 is 1.94 bits per heavy atom. The number of hydrogen-bond acceptors (Lipinski definition) is 2. The molecule has 0 aliphatic heterocycles. The molecule has 17 heavy (non-hydrogen) atoms.